The molecule has 1 aromatic rings. The molecular weight excluding hydrogens is 300 g/mol. The maximum absolute atomic E-state index is 12.4. The van der Waals surface area contributed by atoms with Crippen molar-refractivity contribution in [3.8, 4) is 0 Å². The van der Waals surface area contributed by atoms with E-state index in [0.717, 1.165) is 12.0 Å². The second-order valence-electron chi connectivity index (χ2n) is 7.32. The fourth-order valence-corrected chi connectivity index (χ4v) is 4.21. The number of rotatable bonds is 3. The van der Waals surface area contributed by atoms with Crippen molar-refractivity contribution in [2.45, 2.75) is 45.6 Å². The van der Waals surface area contributed by atoms with Gasteiger partial charge in [-0.3, -0.25) is 9.59 Å². The summed E-state index contributed by atoms with van der Waals surface area (Å²) in [6, 6.07) is 7.10. The van der Waals surface area contributed by atoms with Crippen LogP contribution >= 0.6 is 11.6 Å². The number of hydrogen-bond acceptors (Lipinski definition) is 3. The molecule has 2 bridgehead atoms. The van der Waals surface area contributed by atoms with Crippen LogP contribution in [0.15, 0.2) is 24.3 Å². The molecule has 0 heterocycles. The molecule has 4 heteroatoms. The van der Waals surface area contributed by atoms with Crippen LogP contribution in [0.3, 0.4) is 0 Å². The molecule has 3 saturated carbocycles. The van der Waals surface area contributed by atoms with Gasteiger partial charge in [0, 0.05) is 17.4 Å². The van der Waals surface area contributed by atoms with Crippen LogP contribution in [0.2, 0.25) is 5.02 Å². The van der Waals surface area contributed by atoms with E-state index in [1.165, 1.54) is 0 Å². The molecule has 0 amide bonds. The van der Waals surface area contributed by atoms with Gasteiger partial charge in [-0.25, -0.2) is 0 Å². The first-order chi connectivity index (χ1) is 10.2. The molecule has 3 aliphatic carbocycles. The van der Waals surface area contributed by atoms with Gasteiger partial charge in [-0.2, -0.15) is 0 Å². The quantitative estimate of drug-likeness (QED) is 0.795. The average Bonchev–Trinajstić information content (AvgIpc) is 2.43. The minimum absolute atomic E-state index is 0.0672. The molecule has 3 nitrogen and oxygen atoms in total. The molecular formula is C18H21ClO3. The Morgan fingerprint density at radius 3 is 2.50 bits per heavy atom. The van der Waals surface area contributed by atoms with Crippen LogP contribution in [0.5, 0.6) is 0 Å². The Morgan fingerprint density at radius 2 is 1.91 bits per heavy atom. The summed E-state index contributed by atoms with van der Waals surface area (Å²) in [7, 11) is 0. The number of ketones is 1. The topological polar surface area (TPSA) is 43.4 Å². The lowest BCUT2D eigenvalue weighted by atomic mass is 9.44. The van der Waals surface area contributed by atoms with Gasteiger partial charge in [-0.1, -0.05) is 37.6 Å². The van der Waals surface area contributed by atoms with Crippen molar-refractivity contribution >= 4 is 23.4 Å². The SMILES string of the molecule is CC1(OC(=O)Cc2ccc(Cl)cc2)C(=O)CC2CC1C2(C)C. The first-order valence-corrected chi connectivity index (χ1v) is 8.11. The first-order valence-electron chi connectivity index (χ1n) is 7.73. The molecule has 0 aliphatic heterocycles. The number of benzene rings is 1. The van der Waals surface area contributed by atoms with Gasteiger partial charge in [0.1, 0.15) is 0 Å². The molecule has 0 N–H and O–H groups in total. The molecule has 118 valence electrons. The van der Waals surface area contributed by atoms with Crippen LogP contribution in [0, 0.1) is 17.3 Å². The lowest BCUT2D eigenvalue weighted by Crippen LogP contribution is -2.66. The number of Topliss-reactive ketones (excluding diaryl/α,β-unsaturated/α-hetero) is 1. The van der Waals surface area contributed by atoms with Crippen molar-refractivity contribution in [3.63, 3.8) is 0 Å². The molecule has 0 aromatic heterocycles. The summed E-state index contributed by atoms with van der Waals surface area (Å²) in [5, 5.41) is 0.633. The Morgan fingerprint density at radius 1 is 1.27 bits per heavy atom. The van der Waals surface area contributed by atoms with Crippen LogP contribution in [0.1, 0.15) is 39.2 Å². The van der Waals surface area contributed by atoms with Gasteiger partial charge in [0.15, 0.2) is 11.4 Å². The van der Waals surface area contributed by atoms with Gasteiger partial charge in [0.25, 0.3) is 0 Å². The highest BCUT2D eigenvalue weighted by molar-refractivity contribution is 6.30. The van der Waals surface area contributed by atoms with E-state index in [4.69, 9.17) is 16.3 Å². The summed E-state index contributed by atoms with van der Waals surface area (Å²) in [5.74, 6) is 0.283. The maximum atomic E-state index is 12.4. The lowest BCUT2D eigenvalue weighted by molar-refractivity contribution is -0.213. The summed E-state index contributed by atoms with van der Waals surface area (Å²) in [5.41, 5.74) is -0.0580. The highest BCUT2D eigenvalue weighted by Crippen LogP contribution is 2.62. The Balaban J connectivity index is 1.72. The maximum Gasteiger partial charge on any atom is 0.311 e. The van der Waals surface area contributed by atoms with Crippen LogP contribution in [0.4, 0.5) is 0 Å². The van der Waals surface area contributed by atoms with E-state index in [9.17, 15) is 9.59 Å². The van der Waals surface area contributed by atoms with E-state index < -0.39 is 5.60 Å². The van der Waals surface area contributed by atoms with Gasteiger partial charge >= 0.3 is 5.97 Å². The molecule has 3 atom stereocenters. The molecule has 3 fully saturated rings. The molecule has 3 aliphatic rings. The number of esters is 1. The van der Waals surface area contributed by atoms with Crippen molar-refractivity contribution in [1.82, 2.24) is 0 Å². The summed E-state index contributed by atoms with van der Waals surface area (Å²) < 4.78 is 5.69. The van der Waals surface area contributed by atoms with Crippen molar-refractivity contribution in [3.05, 3.63) is 34.9 Å². The van der Waals surface area contributed by atoms with E-state index >= 15 is 0 Å². The fraction of sp³-hybridized carbons (Fsp3) is 0.556. The Hall–Kier alpha value is -1.35. The zero-order valence-corrected chi connectivity index (χ0v) is 13.9. The Kier molecular flexibility index (Phi) is 3.59. The van der Waals surface area contributed by atoms with Crippen LogP contribution in [-0.2, 0) is 20.7 Å². The minimum Gasteiger partial charge on any atom is -0.451 e. The monoisotopic (exact) mass is 320 g/mol. The van der Waals surface area contributed by atoms with Gasteiger partial charge in [-0.05, 0) is 42.4 Å². The number of ether oxygens (including phenoxy) is 1. The third-order valence-corrected chi connectivity index (χ3v) is 5.96. The van der Waals surface area contributed by atoms with Crippen molar-refractivity contribution < 1.29 is 14.3 Å². The second-order valence-corrected chi connectivity index (χ2v) is 7.75. The molecule has 0 spiro atoms. The van der Waals surface area contributed by atoms with E-state index in [-0.39, 0.29) is 29.5 Å². The fourth-order valence-electron chi connectivity index (χ4n) is 4.09. The van der Waals surface area contributed by atoms with Crippen molar-refractivity contribution in [1.29, 1.82) is 0 Å². The second kappa shape index (κ2) is 5.09. The smallest absolute Gasteiger partial charge is 0.311 e. The molecule has 22 heavy (non-hydrogen) atoms. The van der Waals surface area contributed by atoms with Crippen molar-refractivity contribution in [2.24, 2.45) is 17.3 Å². The van der Waals surface area contributed by atoms with Gasteiger partial charge in [0.05, 0.1) is 6.42 Å². The predicted octanol–water partition coefficient (Wildman–Crippen LogP) is 3.82. The normalized spacial score (nSPS) is 32.3. The van der Waals surface area contributed by atoms with Crippen LogP contribution < -0.4 is 0 Å². The van der Waals surface area contributed by atoms with E-state index in [1.807, 2.05) is 0 Å². The molecule has 1 aromatic carbocycles. The van der Waals surface area contributed by atoms with Gasteiger partial charge in [0.2, 0.25) is 0 Å². The molecule has 4 rings (SSSR count). The zero-order valence-electron chi connectivity index (χ0n) is 13.2. The van der Waals surface area contributed by atoms with Crippen LogP contribution in [0.25, 0.3) is 0 Å². The highest BCUT2D eigenvalue weighted by Gasteiger charge is 2.65. The number of hydrogen-bond donors (Lipinski definition) is 0. The minimum atomic E-state index is -0.970. The predicted molar refractivity (Wildman–Crippen MR) is 84.7 cm³/mol. The summed E-state index contributed by atoms with van der Waals surface area (Å²) in [4.78, 5) is 24.7. The Bertz CT molecular complexity index is 620. The van der Waals surface area contributed by atoms with Gasteiger partial charge < -0.3 is 4.74 Å². The average molecular weight is 321 g/mol. The molecule has 0 saturated heterocycles. The number of carbonyl (C=O) groups excluding carboxylic acids is 2. The zero-order chi connectivity index (χ0) is 16.1. The van der Waals surface area contributed by atoms with E-state index in [0.29, 0.717) is 17.4 Å². The largest absolute Gasteiger partial charge is 0.451 e. The van der Waals surface area contributed by atoms with Gasteiger partial charge in [-0.15, -0.1) is 0 Å². The summed E-state index contributed by atoms with van der Waals surface area (Å²) >= 11 is 5.84. The van der Waals surface area contributed by atoms with E-state index in [2.05, 4.69) is 13.8 Å². The molecule has 3 unspecified atom stereocenters. The Labute approximate surface area is 136 Å². The number of carbonyl (C=O) groups is 2. The first kappa shape index (κ1) is 15.5. The third-order valence-electron chi connectivity index (χ3n) is 5.71. The highest BCUT2D eigenvalue weighted by atomic mass is 35.5. The summed E-state index contributed by atoms with van der Waals surface area (Å²) in [6.07, 6.45) is 1.66. The van der Waals surface area contributed by atoms with Crippen molar-refractivity contribution in [2.75, 3.05) is 0 Å². The summed E-state index contributed by atoms with van der Waals surface area (Å²) in [6.45, 7) is 6.13. The molecule has 0 radical (unpaired) electrons. The standard InChI is InChI=1S/C18H21ClO3/c1-17(2)12-9-14(17)18(3,15(20)10-12)22-16(21)8-11-4-6-13(19)7-5-11/h4-7,12,14H,8-10H2,1-3H3. The van der Waals surface area contributed by atoms with Crippen LogP contribution in [-0.4, -0.2) is 17.4 Å². The third kappa shape index (κ3) is 2.36. The van der Waals surface area contributed by atoms with E-state index in [1.54, 1.807) is 31.2 Å². The number of fused-ring (bicyclic) bond motifs is 2. The lowest BCUT2D eigenvalue weighted by Gasteiger charge is -2.62. The number of halogens is 1.